The van der Waals surface area contributed by atoms with E-state index >= 15 is 0 Å². The van der Waals surface area contributed by atoms with Gasteiger partial charge in [0.15, 0.2) is 9.84 Å². The second-order valence-electron chi connectivity index (χ2n) is 6.76. The van der Waals surface area contributed by atoms with Crippen molar-refractivity contribution in [2.45, 2.75) is 45.6 Å². The quantitative estimate of drug-likeness (QED) is 0.854. The molecular formula is C18H23NO3S. The Balaban J connectivity index is 1.99. The highest BCUT2D eigenvalue weighted by atomic mass is 32.2. The van der Waals surface area contributed by atoms with Crippen molar-refractivity contribution >= 4 is 21.4 Å². The van der Waals surface area contributed by atoms with Gasteiger partial charge in [0, 0.05) is 17.0 Å². The molecule has 1 amide bonds. The van der Waals surface area contributed by atoms with Crippen molar-refractivity contribution in [3.05, 3.63) is 40.8 Å². The highest BCUT2D eigenvalue weighted by Gasteiger charge is 2.35. The van der Waals surface area contributed by atoms with Crippen molar-refractivity contribution in [3.8, 4) is 0 Å². The van der Waals surface area contributed by atoms with Gasteiger partial charge in [0.25, 0.3) is 0 Å². The van der Waals surface area contributed by atoms with Crippen molar-refractivity contribution in [1.82, 2.24) is 0 Å². The predicted octanol–water partition coefficient (Wildman–Crippen LogP) is 3.14. The highest BCUT2D eigenvalue weighted by molar-refractivity contribution is 7.94. The van der Waals surface area contributed by atoms with Gasteiger partial charge in [0.1, 0.15) is 0 Å². The summed E-state index contributed by atoms with van der Waals surface area (Å²) in [7, 11) is -3.20. The van der Waals surface area contributed by atoms with E-state index in [1.54, 1.807) is 11.0 Å². The van der Waals surface area contributed by atoms with Crippen LogP contribution < -0.4 is 4.90 Å². The minimum absolute atomic E-state index is 0.0154. The molecule has 1 atom stereocenters. The molecule has 1 aromatic rings. The molecule has 5 heteroatoms. The van der Waals surface area contributed by atoms with Gasteiger partial charge in [0.05, 0.1) is 11.8 Å². The molecular weight excluding hydrogens is 310 g/mol. The molecule has 1 fully saturated rings. The second kappa shape index (κ2) is 6.11. The summed E-state index contributed by atoms with van der Waals surface area (Å²) < 4.78 is 23.7. The van der Waals surface area contributed by atoms with Crippen LogP contribution in [0.4, 0.5) is 5.69 Å². The van der Waals surface area contributed by atoms with E-state index in [0.717, 1.165) is 42.5 Å². The van der Waals surface area contributed by atoms with E-state index in [1.165, 1.54) is 5.41 Å². The Kier molecular flexibility index (Phi) is 4.32. The second-order valence-corrected chi connectivity index (χ2v) is 8.69. The normalized spacial score (nSPS) is 23.3. The van der Waals surface area contributed by atoms with Gasteiger partial charge in [-0.2, -0.15) is 0 Å². The largest absolute Gasteiger partial charge is 0.304 e. The van der Waals surface area contributed by atoms with Crippen LogP contribution in [-0.2, 0) is 14.6 Å². The molecule has 2 aliphatic rings. The predicted molar refractivity (Wildman–Crippen MR) is 92.1 cm³/mol. The van der Waals surface area contributed by atoms with Gasteiger partial charge in [-0.1, -0.05) is 18.9 Å². The summed E-state index contributed by atoms with van der Waals surface area (Å²) in [5, 5.41) is 1.25. The van der Waals surface area contributed by atoms with E-state index in [2.05, 4.69) is 6.07 Å². The lowest BCUT2D eigenvalue weighted by Crippen LogP contribution is -2.44. The third-order valence-corrected chi connectivity index (χ3v) is 6.05. The Labute approximate surface area is 138 Å². The molecule has 0 aromatic heterocycles. The number of benzene rings is 1. The number of carbonyl (C=O) groups excluding carboxylic acids is 1. The number of nitrogens with zero attached hydrogens (tertiary/aromatic N) is 1. The molecule has 23 heavy (non-hydrogen) atoms. The number of aryl methyl sites for hydroxylation is 2. The van der Waals surface area contributed by atoms with Crippen molar-refractivity contribution in [1.29, 1.82) is 0 Å². The van der Waals surface area contributed by atoms with Crippen LogP contribution in [0, 0.1) is 19.8 Å². The average Bonchev–Trinajstić information content (AvgIpc) is 3.07. The minimum atomic E-state index is -3.20. The van der Waals surface area contributed by atoms with Gasteiger partial charge in [-0.15, -0.1) is 0 Å². The van der Waals surface area contributed by atoms with E-state index in [0.29, 0.717) is 0 Å². The van der Waals surface area contributed by atoms with Crippen LogP contribution in [0.25, 0.3) is 0 Å². The van der Waals surface area contributed by atoms with E-state index in [1.807, 2.05) is 26.0 Å². The Hall–Kier alpha value is -1.62. The smallest absolute Gasteiger partial charge is 0.230 e. The SMILES string of the molecule is Cc1cc(C)cc(N(C(=O)C2CCCC2)[C@H]2C=CS(=O)(=O)C2)c1. The molecule has 1 saturated carbocycles. The Morgan fingerprint density at radius 2 is 1.70 bits per heavy atom. The third-order valence-electron chi connectivity index (χ3n) is 4.67. The van der Waals surface area contributed by atoms with Gasteiger partial charge in [-0.3, -0.25) is 4.79 Å². The van der Waals surface area contributed by atoms with Gasteiger partial charge >= 0.3 is 0 Å². The maximum absolute atomic E-state index is 13.1. The Morgan fingerprint density at radius 1 is 1.09 bits per heavy atom. The van der Waals surface area contributed by atoms with E-state index in [9.17, 15) is 13.2 Å². The zero-order valence-electron chi connectivity index (χ0n) is 13.7. The lowest BCUT2D eigenvalue weighted by Gasteiger charge is -2.30. The summed E-state index contributed by atoms with van der Waals surface area (Å²) in [4.78, 5) is 14.8. The molecule has 0 unspecified atom stereocenters. The molecule has 0 radical (unpaired) electrons. The fraction of sp³-hybridized carbons (Fsp3) is 0.500. The monoisotopic (exact) mass is 333 g/mol. The van der Waals surface area contributed by atoms with Crippen LogP contribution in [0.5, 0.6) is 0 Å². The number of carbonyl (C=O) groups is 1. The highest BCUT2D eigenvalue weighted by Crippen LogP contribution is 2.32. The molecule has 0 saturated heterocycles. The maximum Gasteiger partial charge on any atom is 0.230 e. The summed E-state index contributed by atoms with van der Waals surface area (Å²) in [6.45, 7) is 3.99. The number of hydrogen-bond acceptors (Lipinski definition) is 3. The Morgan fingerprint density at radius 3 is 2.22 bits per heavy atom. The zero-order chi connectivity index (χ0) is 16.6. The zero-order valence-corrected chi connectivity index (χ0v) is 14.5. The molecule has 0 spiro atoms. The van der Waals surface area contributed by atoms with Crippen LogP contribution in [0.15, 0.2) is 29.7 Å². The number of rotatable bonds is 3. The molecule has 3 rings (SSSR count). The number of anilines is 1. The Bertz CT molecular complexity index is 725. The van der Waals surface area contributed by atoms with Crippen LogP contribution >= 0.6 is 0 Å². The summed E-state index contributed by atoms with van der Waals surface area (Å²) in [5.41, 5.74) is 2.97. The molecule has 4 nitrogen and oxygen atoms in total. The maximum atomic E-state index is 13.1. The first-order chi connectivity index (χ1) is 10.9. The summed E-state index contributed by atoms with van der Waals surface area (Å²) >= 11 is 0. The first-order valence-corrected chi connectivity index (χ1v) is 9.89. The van der Waals surface area contributed by atoms with Crippen molar-refractivity contribution in [2.24, 2.45) is 5.92 Å². The van der Waals surface area contributed by atoms with Crippen molar-refractivity contribution in [3.63, 3.8) is 0 Å². The summed E-state index contributed by atoms with van der Waals surface area (Å²) in [5.74, 6) is 0.0742. The molecule has 124 valence electrons. The molecule has 1 heterocycles. The van der Waals surface area contributed by atoms with E-state index < -0.39 is 15.9 Å². The number of hydrogen-bond donors (Lipinski definition) is 0. The van der Waals surface area contributed by atoms with Crippen LogP contribution in [-0.4, -0.2) is 26.1 Å². The first-order valence-electron chi connectivity index (χ1n) is 8.18. The van der Waals surface area contributed by atoms with Crippen LogP contribution in [0.2, 0.25) is 0 Å². The van der Waals surface area contributed by atoms with Gasteiger partial charge in [-0.25, -0.2) is 8.42 Å². The molecule has 1 aromatic carbocycles. The fourth-order valence-corrected chi connectivity index (χ4v) is 4.93. The van der Waals surface area contributed by atoms with Crippen molar-refractivity contribution in [2.75, 3.05) is 10.7 Å². The first kappa shape index (κ1) is 16.2. The number of sulfone groups is 1. The summed E-state index contributed by atoms with van der Waals surface area (Å²) in [6, 6.07) is 5.61. The van der Waals surface area contributed by atoms with Gasteiger partial charge in [0.2, 0.25) is 5.91 Å². The lowest BCUT2D eigenvalue weighted by atomic mass is 10.0. The van der Waals surface area contributed by atoms with Gasteiger partial charge < -0.3 is 4.90 Å². The molecule has 1 aliphatic carbocycles. The average molecular weight is 333 g/mol. The van der Waals surface area contributed by atoms with Gasteiger partial charge in [-0.05, 0) is 56.0 Å². The van der Waals surface area contributed by atoms with Crippen molar-refractivity contribution < 1.29 is 13.2 Å². The molecule has 0 N–H and O–H groups in total. The number of amides is 1. The fourth-order valence-electron chi connectivity index (χ4n) is 3.66. The van der Waals surface area contributed by atoms with E-state index in [4.69, 9.17) is 0 Å². The lowest BCUT2D eigenvalue weighted by molar-refractivity contribution is -0.122. The molecule has 0 bridgehead atoms. The van der Waals surface area contributed by atoms with Crippen LogP contribution in [0.1, 0.15) is 36.8 Å². The minimum Gasteiger partial charge on any atom is -0.304 e. The summed E-state index contributed by atoms with van der Waals surface area (Å²) in [6.07, 6.45) is 5.62. The molecule has 1 aliphatic heterocycles. The third kappa shape index (κ3) is 3.50. The topological polar surface area (TPSA) is 54.5 Å². The standard InChI is InChI=1S/C18H23NO3S/c1-13-9-14(2)11-17(10-13)19(16-7-8-23(21,22)12-16)18(20)15-5-3-4-6-15/h7-11,15-16H,3-6,12H2,1-2H3/t16-/m0/s1. The van der Waals surface area contributed by atoms with Crippen LogP contribution in [0.3, 0.4) is 0 Å². The van der Waals surface area contributed by atoms with E-state index in [-0.39, 0.29) is 17.6 Å².